The minimum atomic E-state index is 1.09. The van der Waals surface area contributed by atoms with Crippen molar-refractivity contribution in [3.05, 3.63) is 93.2 Å². The van der Waals surface area contributed by atoms with Gasteiger partial charge in [0, 0.05) is 30.4 Å². The molecule has 0 unspecified atom stereocenters. The van der Waals surface area contributed by atoms with Crippen LogP contribution in [0, 0.1) is 13.8 Å². The second kappa shape index (κ2) is 11.7. The highest BCUT2D eigenvalue weighted by molar-refractivity contribution is 7.11. The molecule has 4 heteroatoms. The van der Waals surface area contributed by atoms with Crippen LogP contribution < -0.4 is 0 Å². The molecule has 0 amide bonds. The van der Waals surface area contributed by atoms with Gasteiger partial charge in [-0.3, -0.25) is 4.98 Å². The molecular formula is C27H33N3S. The van der Waals surface area contributed by atoms with E-state index in [4.69, 9.17) is 4.98 Å². The summed E-state index contributed by atoms with van der Waals surface area (Å²) in [5, 5.41) is 1.18. The number of thiazole rings is 1. The van der Waals surface area contributed by atoms with Gasteiger partial charge >= 0.3 is 0 Å². The molecule has 0 spiro atoms. The molecule has 0 N–H and O–H groups in total. The van der Waals surface area contributed by atoms with Crippen LogP contribution in [0.5, 0.6) is 0 Å². The Hall–Kier alpha value is -2.56. The highest BCUT2D eigenvalue weighted by Crippen LogP contribution is 2.25. The molecule has 0 aliphatic carbocycles. The normalized spacial score (nSPS) is 14.0. The highest BCUT2D eigenvalue weighted by atomic mass is 32.1. The molecule has 162 valence electrons. The predicted molar refractivity (Wildman–Crippen MR) is 134 cm³/mol. The van der Waals surface area contributed by atoms with E-state index in [1.54, 1.807) is 24.0 Å². The van der Waals surface area contributed by atoms with E-state index in [9.17, 15) is 0 Å². The van der Waals surface area contributed by atoms with Gasteiger partial charge in [0.05, 0.1) is 10.7 Å². The topological polar surface area (TPSA) is 29.0 Å². The molecule has 1 aromatic carbocycles. The van der Waals surface area contributed by atoms with Crippen LogP contribution in [0.1, 0.15) is 45.1 Å². The number of hydrogen-bond donors (Lipinski definition) is 0. The Morgan fingerprint density at radius 2 is 1.74 bits per heavy atom. The van der Waals surface area contributed by atoms with Gasteiger partial charge in [-0.2, -0.15) is 0 Å². The van der Waals surface area contributed by atoms with Crippen LogP contribution in [0.4, 0.5) is 0 Å². The zero-order valence-electron chi connectivity index (χ0n) is 19.0. The summed E-state index contributed by atoms with van der Waals surface area (Å²) in [4.78, 5) is 12.5. The average Bonchev–Trinajstić information content (AvgIpc) is 3.14. The Balaban J connectivity index is 0.000000287. The van der Waals surface area contributed by atoms with E-state index in [1.807, 2.05) is 23.5 Å². The number of pyridine rings is 1. The third-order valence-corrected chi connectivity index (χ3v) is 6.68. The zero-order valence-corrected chi connectivity index (χ0v) is 19.8. The van der Waals surface area contributed by atoms with E-state index in [0.29, 0.717) is 0 Å². The summed E-state index contributed by atoms with van der Waals surface area (Å²) in [7, 11) is 2.21. The Labute approximate surface area is 191 Å². The highest BCUT2D eigenvalue weighted by Gasteiger charge is 2.13. The number of likely N-dealkylation sites (tertiary alicyclic amines) is 1. The first-order valence-electron chi connectivity index (χ1n) is 11.0. The minimum absolute atomic E-state index is 1.09. The van der Waals surface area contributed by atoms with Crippen LogP contribution in [0.3, 0.4) is 0 Å². The molecule has 0 radical (unpaired) electrons. The smallest absolute Gasteiger partial charge is 0.0904 e. The third-order valence-electron chi connectivity index (χ3n) is 5.63. The predicted octanol–water partition coefficient (Wildman–Crippen LogP) is 6.38. The summed E-state index contributed by atoms with van der Waals surface area (Å²) in [6.45, 7) is 10.3. The molecule has 1 aliphatic rings. The van der Waals surface area contributed by atoms with Gasteiger partial charge < -0.3 is 4.90 Å². The standard InChI is InChI=1S/C20H26N2S.C7H7N/c1-15-6-4-5-7-18(15)8-9-20-19(21-16(2)23-20)14-17-10-12-22(3)13-11-17;1-2-7-3-5-8-6-4-7/h4-7,14H,8-13H2,1-3H3;2-6H,1H2. The molecular weight excluding hydrogens is 398 g/mol. The Bertz CT molecular complexity index is 994. The van der Waals surface area contributed by atoms with Gasteiger partial charge in [0.15, 0.2) is 0 Å². The molecule has 31 heavy (non-hydrogen) atoms. The van der Waals surface area contributed by atoms with Crippen LogP contribution in [0.2, 0.25) is 0 Å². The molecule has 1 saturated heterocycles. The fourth-order valence-corrected chi connectivity index (χ4v) is 4.57. The summed E-state index contributed by atoms with van der Waals surface area (Å²) in [5.74, 6) is 0. The average molecular weight is 432 g/mol. The first kappa shape index (κ1) is 23.1. The fraction of sp³-hybridized carbons (Fsp3) is 0.333. The van der Waals surface area contributed by atoms with Gasteiger partial charge in [-0.15, -0.1) is 11.3 Å². The monoisotopic (exact) mass is 431 g/mol. The Morgan fingerprint density at radius 3 is 2.39 bits per heavy atom. The van der Waals surface area contributed by atoms with E-state index in [2.05, 4.69) is 67.7 Å². The SMILES string of the molecule is C=Cc1ccncc1.Cc1nc(C=C2CCN(C)CC2)c(CCc2ccccc2C)s1. The van der Waals surface area contributed by atoms with E-state index in [0.717, 1.165) is 18.4 Å². The third kappa shape index (κ3) is 7.27. The first-order valence-corrected chi connectivity index (χ1v) is 11.8. The van der Waals surface area contributed by atoms with Crippen LogP contribution in [0.25, 0.3) is 12.2 Å². The lowest BCUT2D eigenvalue weighted by Gasteiger charge is -2.23. The van der Waals surface area contributed by atoms with Crippen molar-refractivity contribution in [2.75, 3.05) is 20.1 Å². The van der Waals surface area contributed by atoms with Crippen molar-refractivity contribution < 1.29 is 0 Å². The Morgan fingerprint density at radius 1 is 1.03 bits per heavy atom. The Kier molecular flexibility index (Phi) is 8.74. The summed E-state index contributed by atoms with van der Waals surface area (Å²) >= 11 is 1.86. The second-order valence-electron chi connectivity index (χ2n) is 8.06. The number of aromatic nitrogens is 2. The molecule has 3 nitrogen and oxygen atoms in total. The van der Waals surface area contributed by atoms with Gasteiger partial charge in [-0.1, -0.05) is 42.5 Å². The van der Waals surface area contributed by atoms with Crippen molar-refractivity contribution in [1.29, 1.82) is 0 Å². The lowest BCUT2D eigenvalue weighted by Crippen LogP contribution is -2.26. The van der Waals surface area contributed by atoms with Crippen LogP contribution in [-0.4, -0.2) is 35.0 Å². The van der Waals surface area contributed by atoms with Crippen molar-refractivity contribution in [2.24, 2.45) is 0 Å². The number of hydrogen-bond acceptors (Lipinski definition) is 4. The second-order valence-corrected chi connectivity index (χ2v) is 9.35. The maximum Gasteiger partial charge on any atom is 0.0904 e. The van der Waals surface area contributed by atoms with E-state index in [-0.39, 0.29) is 0 Å². The maximum atomic E-state index is 4.79. The molecule has 3 heterocycles. The summed E-state index contributed by atoms with van der Waals surface area (Å²) in [6.07, 6.45) is 12.2. The van der Waals surface area contributed by atoms with Crippen molar-refractivity contribution >= 4 is 23.5 Å². The number of rotatable bonds is 5. The fourth-order valence-electron chi connectivity index (χ4n) is 3.66. The summed E-state index contributed by atoms with van der Waals surface area (Å²) in [5.41, 5.74) is 6.74. The first-order chi connectivity index (χ1) is 15.0. The zero-order chi connectivity index (χ0) is 22.1. The molecule has 0 saturated carbocycles. The molecule has 0 bridgehead atoms. The van der Waals surface area contributed by atoms with Gasteiger partial charge in [0.25, 0.3) is 0 Å². The van der Waals surface area contributed by atoms with Crippen molar-refractivity contribution in [2.45, 2.75) is 39.5 Å². The molecule has 1 fully saturated rings. The number of aryl methyl sites for hydroxylation is 4. The molecule has 3 aromatic rings. The number of benzene rings is 1. The summed E-state index contributed by atoms with van der Waals surface area (Å²) < 4.78 is 0. The summed E-state index contributed by atoms with van der Waals surface area (Å²) in [6, 6.07) is 12.5. The quantitative estimate of drug-likeness (QED) is 0.469. The van der Waals surface area contributed by atoms with E-state index >= 15 is 0 Å². The lowest BCUT2D eigenvalue weighted by atomic mass is 10.0. The minimum Gasteiger partial charge on any atom is -0.306 e. The van der Waals surface area contributed by atoms with Gasteiger partial charge in [-0.25, -0.2) is 4.98 Å². The molecule has 0 atom stereocenters. The maximum absolute atomic E-state index is 4.79. The largest absolute Gasteiger partial charge is 0.306 e. The van der Waals surface area contributed by atoms with E-state index in [1.165, 1.54) is 52.6 Å². The van der Waals surface area contributed by atoms with E-state index < -0.39 is 0 Å². The van der Waals surface area contributed by atoms with Gasteiger partial charge in [0.2, 0.25) is 0 Å². The molecule has 1 aliphatic heterocycles. The number of nitrogens with zero attached hydrogens (tertiary/aromatic N) is 3. The van der Waals surface area contributed by atoms with Gasteiger partial charge in [-0.05, 0) is 81.5 Å². The van der Waals surface area contributed by atoms with Crippen molar-refractivity contribution in [1.82, 2.24) is 14.9 Å². The van der Waals surface area contributed by atoms with Crippen LogP contribution >= 0.6 is 11.3 Å². The van der Waals surface area contributed by atoms with Crippen molar-refractivity contribution in [3.63, 3.8) is 0 Å². The molecule has 4 rings (SSSR count). The molecule has 2 aromatic heterocycles. The van der Waals surface area contributed by atoms with Crippen molar-refractivity contribution in [3.8, 4) is 0 Å². The van der Waals surface area contributed by atoms with Gasteiger partial charge in [0.1, 0.15) is 0 Å². The lowest BCUT2D eigenvalue weighted by molar-refractivity contribution is 0.313. The number of piperidine rings is 1. The van der Waals surface area contributed by atoms with Crippen LogP contribution in [-0.2, 0) is 12.8 Å². The van der Waals surface area contributed by atoms with Crippen LogP contribution in [0.15, 0.2) is 60.9 Å².